The van der Waals surface area contributed by atoms with E-state index in [1.807, 2.05) is 13.1 Å². The summed E-state index contributed by atoms with van der Waals surface area (Å²) in [7, 11) is 2.00. The lowest BCUT2D eigenvalue weighted by Gasteiger charge is -2.12. The van der Waals surface area contributed by atoms with E-state index >= 15 is 0 Å². The second kappa shape index (κ2) is 3.90. The van der Waals surface area contributed by atoms with Gasteiger partial charge in [0, 0.05) is 6.04 Å². The van der Waals surface area contributed by atoms with E-state index < -0.39 is 0 Å². The van der Waals surface area contributed by atoms with Crippen LogP contribution in [0.3, 0.4) is 0 Å². The molecule has 0 bridgehead atoms. The highest BCUT2D eigenvalue weighted by atomic mass is 16.6. The van der Waals surface area contributed by atoms with Gasteiger partial charge in [-0.15, -0.1) is 0 Å². The Kier molecular flexibility index (Phi) is 2.62. The Morgan fingerprint density at radius 3 is 2.69 bits per heavy atom. The monoisotopic (exact) mass is 177 g/mol. The van der Waals surface area contributed by atoms with Gasteiger partial charge in [0.1, 0.15) is 0 Å². The second-order valence-electron chi connectivity index (χ2n) is 3.46. The van der Waals surface area contributed by atoms with Crippen LogP contribution in [0.4, 0.5) is 0 Å². The van der Waals surface area contributed by atoms with E-state index in [1.54, 1.807) is 0 Å². The summed E-state index contributed by atoms with van der Waals surface area (Å²) in [5, 5.41) is 3.29. The molecule has 1 heterocycles. The summed E-state index contributed by atoms with van der Waals surface area (Å²) < 4.78 is 5.27. The van der Waals surface area contributed by atoms with E-state index in [4.69, 9.17) is 4.74 Å². The van der Waals surface area contributed by atoms with E-state index in [-0.39, 0.29) is 0 Å². The molecule has 0 radical (unpaired) electrons. The van der Waals surface area contributed by atoms with Gasteiger partial charge in [-0.25, -0.2) is 0 Å². The quantitative estimate of drug-likeness (QED) is 0.699. The molecule has 2 nitrogen and oxygen atoms in total. The van der Waals surface area contributed by atoms with Gasteiger partial charge in [-0.1, -0.05) is 30.3 Å². The first-order valence-electron chi connectivity index (χ1n) is 4.73. The fourth-order valence-electron chi connectivity index (χ4n) is 1.58. The molecule has 2 unspecified atom stereocenters. The highest BCUT2D eigenvalue weighted by molar-refractivity contribution is 5.16. The van der Waals surface area contributed by atoms with Gasteiger partial charge in [0.15, 0.2) is 0 Å². The summed E-state index contributed by atoms with van der Waals surface area (Å²) in [6.07, 6.45) is 1.49. The highest BCUT2D eigenvalue weighted by Crippen LogP contribution is 2.17. The fraction of sp³-hybridized carbons (Fsp3) is 0.455. The topological polar surface area (TPSA) is 24.6 Å². The van der Waals surface area contributed by atoms with Crippen molar-refractivity contribution in [2.75, 3.05) is 13.7 Å². The molecule has 70 valence electrons. The third kappa shape index (κ3) is 2.29. The van der Waals surface area contributed by atoms with Crippen LogP contribution in [-0.4, -0.2) is 25.8 Å². The number of nitrogens with one attached hydrogen (secondary N) is 1. The largest absolute Gasteiger partial charge is 0.371 e. The minimum atomic E-state index is 0.435. The zero-order valence-electron chi connectivity index (χ0n) is 7.86. The summed E-state index contributed by atoms with van der Waals surface area (Å²) in [5.74, 6) is 0. The molecule has 1 aromatic rings. The number of likely N-dealkylation sites (N-methyl/N-ethyl adjacent to an activating group) is 1. The normalized spacial score (nSPS) is 22.7. The summed E-state index contributed by atoms with van der Waals surface area (Å²) >= 11 is 0. The lowest BCUT2D eigenvalue weighted by molar-refractivity contribution is 0.349. The van der Waals surface area contributed by atoms with E-state index in [1.165, 1.54) is 5.56 Å². The van der Waals surface area contributed by atoms with Crippen LogP contribution in [0.1, 0.15) is 5.56 Å². The van der Waals surface area contributed by atoms with Gasteiger partial charge >= 0.3 is 0 Å². The van der Waals surface area contributed by atoms with Gasteiger partial charge in [0.25, 0.3) is 0 Å². The molecule has 1 aromatic carbocycles. The van der Waals surface area contributed by atoms with E-state index in [9.17, 15) is 0 Å². The molecule has 0 amide bonds. The summed E-state index contributed by atoms with van der Waals surface area (Å²) in [6, 6.07) is 11.0. The predicted octanol–water partition coefficient (Wildman–Crippen LogP) is 1.22. The molecular formula is C11H15NO. The van der Waals surface area contributed by atoms with Gasteiger partial charge in [-0.3, -0.25) is 0 Å². The average Bonchev–Trinajstić information content (AvgIpc) is 2.99. The summed E-state index contributed by atoms with van der Waals surface area (Å²) in [5.41, 5.74) is 1.37. The smallest absolute Gasteiger partial charge is 0.0965 e. The van der Waals surface area contributed by atoms with Gasteiger partial charge < -0.3 is 10.1 Å². The molecule has 0 saturated carbocycles. The Morgan fingerprint density at radius 2 is 2.15 bits per heavy atom. The minimum absolute atomic E-state index is 0.435. The molecule has 1 fully saturated rings. The molecule has 2 rings (SSSR count). The van der Waals surface area contributed by atoms with Crippen LogP contribution in [0.5, 0.6) is 0 Å². The van der Waals surface area contributed by atoms with Gasteiger partial charge in [-0.2, -0.15) is 0 Å². The van der Waals surface area contributed by atoms with Gasteiger partial charge in [0.2, 0.25) is 0 Å². The van der Waals surface area contributed by atoms with Gasteiger partial charge in [0.05, 0.1) is 12.7 Å². The second-order valence-corrected chi connectivity index (χ2v) is 3.46. The lowest BCUT2D eigenvalue weighted by atomic mass is 10.0. The standard InChI is InChI=1S/C11H15NO/c1-12-10(11-8-13-11)7-9-5-3-2-4-6-9/h2-6,10-12H,7-8H2,1H3. The molecule has 2 atom stereocenters. The third-order valence-corrected chi connectivity index (χ3v) is 2.48. The molecule has 0 spiro atoms. The van der Waals surface area contributed by atoms with E-state index in [0.717, 1.165) is 13.0 Å². The predicted molar refractivity (Wildman–Crippen MR) is 52.7 cm³/mol. The average molecular weight is 177 g/mol. The zero-order chi connectivity index (χ0) is 9.10. The number of benzene rings is 1. The lowest BCUT2D eigenvalue weighted by Crippen LogP contribution is -2.32. The first kappa shape index (κ1) is 8.73. The van der Waals surface area contributed by atoms with E-state index in [0.29, 0.717) is 12.1 Å². The Balaban J connectivity index is 1.95. The fourth-order valence-corrected chi connectivity index (χ4v) is 1.58. The van der Waals surface area contributed by atoms with Crippen LogP contribution in [0.2, 0.25) is 0 Å². The van der Waals surface area contributed by atoms with Crippen molar-refractivity contribution in [2.45, 2.75) is 18.6 Å². The van der Waals surface area contributed by atoms with Crippen molar-refractivity contribution in [2.24, 2.45) is 0 Å². The molecule has 13 heavy (non-hydrogen) atoms. The van der Waals surface area contributed by atoms with Crippen molar-refractivity contribution >= 4 is 0 Å². The van der Waals surface area contributed by atoms with Crippen molar-refractivity contribution in [3.05, 3.63) is 35.9 Å². The first-order valence-corrected chi connectivity index (χ1v) is 4.73. The van der Waals surface area contributed by atoms with Gasteiger partial charge in [-0.05, 0) is 19.0 Å². The maximum Gasteiger partial charge on any atom is 0.0965 e. The number of rotatable bonds is 4. The van der Waals surface area contributed by atoms with Crippen molar-refractivity contribution in [3.63, 3.8) is 0 Å². The SMILES string of the molecule is CNC(Cc1ccccc1)C1CO1. The molecule has 2 heteroatoms. The van der Waals surface area contributed by atoms with Crippen molar-refractivity contribution in [3.8, 4) is 0 Å². The van der Waals surface area contributed by atoms with Crippen molar-refractivity contribution in [1.82, 2.24) is 5.32 Å². The van der Waals surface area contributed by atoms with Crippen LogP contribution >= 0.6 is 0 Å². The zero-order valence-corrected chi connectivity index (χ0v) is 7.86. The first-order chi connectivity index (χ1) is 6.40. The Bertz CT molecular complexity index is 256. The number of hydrogen-bond acceptors (Lipinski definition) is 2. The maximum absolute atomic E-state index is 5.27. The molecule has 1 aliphatic rings. The van der Waals surface area contributed by atoms with Crippen LogP contribution in [0.25, 0.3) is 0 Å². The van der Waals surface area contributed by atoms with Crippen LogP contribution in [-0.2, 0) is 11.2 Å². The Hall–Kier alpha value is -0.860. The molecule has 0 aliphatic carbocycles. The number of hydrogen-bond donors (Lipinski definition) is 1. The molecule has 1 N–H and O–H groups in total. The third-order valence-electron chi connectivity index (χ3n) is 2.48. The Labute approximate surface area is 78.9 Å². The van der Waals surface area contributed by atoms with Crippen LogP contribution in [0.15, 0.2) is 30.3 Å². The van der Waals surface area contributed by atoms with Crippen molar-refractivity contribution in [1.29, 1.82) is 0 Å². The van der Waals surface area contributed by atoms with Crippen LogP contribution in [0, 0.1) is 0 Å². The molecule has 0 aromatic heterocycles. The summed E-state index contributed by atoms with van der Waals surface area (Å²) in [4.78, 5) is 0. The number of ether oxygens (including phenoxy) is 1. The van der Waals surface area contributed by atoms with Crippen LogP contribution < -0.4 is 5.32 Å². The van der Waals surface area contributed by atoms with E-state index in [2.05, 4.69) is 29.6 Å². The number of epoxide rings is 1. The molecular weight excluding hydrogens is 162 g/mol. The summed E-state index contributed by atoms with van der Waals surface area (Å²) in [6.45, 7) is 0.915. The molecule has 1 aliphatic heterocycles. The maximum atomic E-state index is 5.27. The highest BCUT2D eigenvalue weighted by Gasteiger charge is 2.31. The minimum Gasteiger partial charge on any atom is -0.371 e. The van der Waals surface area contributed by atoms with Crippen molar-refractivity contribution < 1.29 is 4.74 Å². The molecule has 1 saturated heterocycles. The Morgan fingerprint density at radius 1 is 1.46 bits per heavy atom.